The molecule has 0 heterocycles. The maximum Gasteiger partial charge on any atom is 0.0204 e. The van der Waals surface area contributed by atoms with Crippen LogP contribution in [-0.2, 0) is 12.8 Å². The van der Waals surface area contributed by atoms with Crippen molar-refractivity contribution in [3.8, 4) is 0 Å². The molecule has 0 heteroatoms. The highest BCUT2D eigenvalue weighted by atomic mass is 14.1. The first-order valence-electron chi connectivity index (χ1n) is 7.35. The van der Waals surface area contributed by atoms with Gasteiger partial charge < -0.3 is 0 Å². The summed E-state index contributed by atoms with van der Waals surface area (Å²) in [7, 11) is 0. The predicted molar refractivity (Wildman–Crippen MR) is 83.4 cm³/mol. The van der Waals surface area contributed by atoms with Crippen molar-refractivity contribution in [2.45, 2.75) is 39.5 Å². The van der Waals surface area contributed by atoms with Crippen LogP contribution >= 0.6 is 0 Å². The Balaban J connectivity index is 2.25. The van der Waals surface area contributed by atoms with E-state index in [0.717, 1.165) is 12.8 Å². The first-order chi connectivity index (χ1) is 9.35. The van der Waals surface area contributed by atoms with Gasteiger partial charge in [-0.2, -0.15) is 0 Å². The minimum Gasteiger partial charge on any atom is -0.0651 e. The molecule has 0 spiro atoms. The highest BCUT2D eigenvalue weighted by Gasteiger charge is 2.06. The Kier molecular flexibility index (Phi) is 5.20. The third-order valence-electron chi connectivity index (χ3n) is 3.46. The summed E-state index contributed by atoms with van der Waals surface area (Å²) < 4.78 is 0. The summed E-state index contributed by atoms with van der Waals surface area (Å²) in [5.41, 5.74) is 5.65. The molecule has 0 aliphatic heterocycles. The van der Waals surface area contributed by atoms with Gasteiger partial charge in [0.2, 0.25) is 0 Å². The fourth-order valence-electron chi connectivity index (χ4n) is 2.51. The Morgan fingerprint density at radius 1 is 0.684 bits per heavy atom. The van der Waals surface area contributed by atoms with Crippen molar-refractivity contribution < 1.29 is 0 Å². The second kappa shape index (κ2) is 7.13. The van der Waals surface area contributed by atoms with E-state index in [-0.39, 0.29) is 0 Å². The molecule has 0 nitrogen and oxygen atoms in total. The van der Waals surface area contributed by atoms with Crippen molar-refractivity contribution in [2.24, 2.45) is 0 Å². The van der Waals surface area contributed by atoms with Gasteiger partial charge in [-0.3, -0.25) is 0 Å². The molecule has 1 radical (unpaired) electrons. The van der Waals surface area contributed by atoms with Gasteiger partial charge >= 0.3 is 0 Å². The lowest BCUT2D eigenvalue weighted by Crippen LogP contribution is -1.97. The molecule has 0 fully saturated rings. The lowest BCUT2D eigenvalue weighted by Gasteiger charge is -2.11. The number of benzene rings is 2. The molecule has 0 N–H and O–H groups in total. The van der Waals surface area contributed by atoms with E-state index in [1.165, 1.54) is 35.1 Å². The van der Waals surface area contributed by atoms with Gasteiger partial charge in [0.25, 0.3) is 0 Å². The molecule has 99 valence electrons. The van der Waals surface area contributed by atoms with E-state index in [4.69, 9.17) is 0 Å². The number of hydrogen-bond acceptors (Lipinski definition) is 0. The molecule has 0 aliphatic rings. The Labute approximate surface area is 117 Å². The smallest absolute Gasteiger partial charge is 0.0204 e. The van der Waals surface area contributed by atoms with Crippen LogP contribution in [0, 0.1) is 6.42 Å². The predicted octanol–water partition coefficient (Wildman–Crippen LogP) is 5.19. The standard InChI is InChI=1S/C19H23/c1-3-9-16-11-5-7-13-18(16)15-19-14-8-6-12-17(19)10-4-2/h5-8,11-15H,3-4,9-10H2,1-2H3. The van der Waals surface area contributed by atoms with E-state index >= 15 is 0 Å². The SMILES string of the molecule is CCCc1ccccc1[CH]c1ccccc1CCC. The van der Waals surface area contributed by atoms with Crippen LogP contribution < -0.4 is 0 Å². The number of rotatable bonds is 6. The lowest BCUT2D eigenvalue weighted by molar-refractivity contribution is 0.907. The van der Waals surface area contributed by atoms with E-state index in [2.05, 4.69) is 68.8 Å². The van der Waals surface area contributed by atoms with Crippen LogP contribution in [0.25, 0.3) is 0 Å². The first-order valence-corrected chi connectivity index (χ1v) is 7.35. The minimum atomic E-state index is 1.16. The van der Waals surface area contributed by atoms with Crippen LogP contribution in [0.3, 0.4) is 0 Å². The van der Waals surface area contributed by atoms with Crippen molar-refractivity contribution in [3.63, 3.8) is 0 Å². The van der Waals surface area contributed by atoms with Gasteiger partial charge in [0.05, 0.1) is 0 Å². The van der Waals surface area contributed by atoms with Crippen LogP contribution in [-0.4, -0.2) is 0 Å². The molecule has 0 saturated heterocycles. The zero-order valence-electron chi connectivity index (χ0n) is 12.0. The van der Waals surface area contributed by atoms with Gasteiger partial charge in [-0.1, -0.05) is 75.2 Å². The van der Waals surface area contributed by atoms with Gasteiger partial charge in [-0.25, -0.2) is 0 Å². The summed E-state index contributed by atoms with van der Waals surface area (Å²) in [6.07, 6.45) is 7.05. The van der Waals surface area contributed by atoms with Crippen LogP contribution in [0.5, 0.6) is 0 Å². The first kappa shape index (κ1) is 13.9. The largest absolute Gasteiger partial charge is 0.0651 e. The summed E-state index contributed by atoms with van der Waals surface area (Å²) in [6.45, 7) is 4.48. The van der Waals surface area contributed by atoms with Crippen LogP contribution in [0.4, 0.5) is 0 Å². The molecule has 0 aromatic heterocycles. The summed E-state index contributed by atoms with van der Waals surface area (Å²) in [5, 5.41) is 0. The minimum absolute atomic E-state index is 1.16. The normalized spacial score (nSPS) is 10.6. The average Bonchev–Trinajstić information content (AvgIpc) is 2.44. The molecule has 0 amide bonds. The topological polar surface area (TPSA) is 0 Å². The molecular formula is C19H23. The van der Waals surface area contributed by atoms with E-state index in [1.54, 1.807) is 0 Å². The van der Waals surface area contributed by atoms with Gasteiger partial charge in [0, 0.05) is 6.42 Å². The Hall–Kier alpha value is -1.56. The summed E-state index contributed by atoms with van der Waals surface area (Å²) in [5.74, 6) is 0. The molecule has 0 aliphatic carbocycles. The van der Waals surface area contributed by atoms with Gasteiger partial charge in [-0.15, -0.1) is 0 Å². The summed E-state index contributed by atoms with van der Waals surface area (Å²) in [4.78, 5) is 0. The summed E-state index contributed by atoms with van der Waals surface area (Å²) >= 11 is 0. The molecule has 0 unspecified atom stereocenters. The fraction of sp³-hybridized carbons (Fsp3) is 0.316. The molecule has 0 atom stereocenters. The quantitative estimate of drug-likeness (QED) is 0.662. The van der Waals surface area contributed by atoms with Gasteiger partial charge in [0.1, 0.15) is 0 Å². The van der Waals surface area contributed by atoms with Crippen LogP contribution in [0.1, 0.15) is 48.9 Å². The van der Waals surface area contributed by atoms with Crippen molar-refractivity contribution in [1.29, 1.82) is 0 Å². The molecule has 2 aromatic rings. The maximum atomic E-state index is 2.34. The second-order valence-electron chi connectivity index (χ2n) is 5.04. The molecule has 0 saturated carbocycles. The van der Waals surface area contributed by atoms with E-state index in [9.17, 15) is 0 Å². The van der Waals surface area contributed by atoms with Crippen molar-refractivity contribution in [3.05, 3.63) is 77.2 Å². The molecular weight excluding hydrogens is 228 g/mol. The third-order valence-corrected chi connectivity index (χ3v) is 3.46. The Bertz CT molecular complexity index is 463. The third kappa shape index (κ3) is 3.70. The van der Waals surface area contributed by atoms with Crippen molar-refractivity contribution in [2.75, 3.05) is 0 Å². The molecule has 2 aromatic carbocycles. The van der Waals surface area contributed by atoms with E-state index in [0.29, 0.717) is 0 Å². The highest BCUT2D eigenvalue weighted by Crippen LogP contribution is 2.21. The number of hydrogen-bond donors (Lipinski definition) is 0. The van der Waals surface area contributed by atoms with Crippen molar-refractivity contribution in [1.82, 2.24) is 0 Å². The molecule has 0 bridgehead atoms. The maximum absolute atomic E-state index is 2.34. The molecule has 2 rings (SSSR count). The van der Waals surface area contributed by atoms with Crippen molar-refractivity contribution >= 4 is 0 Å². The zero-order valence-corrected chi connectivity index (χ0v) is 12.0. The van der Waals surface area contributed by atoms with E-state index in [1.807, 2.05) is 0 Å². The highest BCUT2D eigenvalue weighted by molar-refractivity contribution is 5.45. The van der Waals surface area contributed by atoms with E-state index < -0.39 is 0 Å². The van der Waals surface area contributed by atoms with Gasteiger partial charge in [0.15, 0.2) is 0 Å². The van der Waals surface area contributed by atoms with Gasteiger partial charge in [-0.05, 0) is 35.1 Å². The van der Waals surface area contributed by atoms with Crippen LogP contribution in [0.2, 0.25) is 0 Å². The second-order valence-corrected chi connectivity index (χ2v) is 5.04. The molecule has 19 heavy (non-hydrogen) atoms. The monoisotopic (exact) mass is 251 g/mol. The zero-order chi connectivity index (χ0) is 13.5. The fourth-order valence-corrected chi connectivity index (χ4v) is 2.51. The summed E-state index contributed by atoms with van der Waals surface area (Å²) in [6, 6.07) is 17.5. The number of aryl methyl sites for hydroxylation is 2. The Morgan fingerprint density at radius 3 is 1.53 bits per heavy atom. The average molecular weight is 251 g/mol. The lowest BCUT2D eigenvalue weighted by atomic mass is 9.93. The Morgan fingerprint density at radius 2 is 1.11 bits per heavy atom. The van der Waals surface area contributed by atoms with Crippen LogP contribution in [0.15, 0.2) is 48.5 Å².